The number of anilines is 4. The van der Waals surface area contributed by atoms with Crippen LogP contribution in [0.25, 0.3) is 60.8 Å². The smallest absolute Gasteiger partial charge is 0.135 e. The van der Waals surface area contributed by atoms with Crippen molar-refractivity contribution in [3.63, 3.8) is 0 Å². The average Bonchev–Trinajstić information content (AvgIpc) is 3.87. The molecule has 3 aromatic heterocycles. The van der Waals surface area contributed by atoms with Crippen LogP contribution in [-0.4, -0.2) is 14.5 Å². The molecule has 1 aliphatic heterocycles. The maximum absolute atomic E-state index is 15.3. The zero-order valence-corrected chi connectivity index (χ0v) is 38.5. The second-order valence-electron chi connectivity index (χ2n) is 16.9. The first-order valence-corrected chi connectivity index (χ1v) is 21.7. The minimum Gasteiger partial charge on any atom is -0.509 e. The molecule has 6 nitrogen and oxygen atoms in total. The zero-order chi connectivity index (χ0) is 43.5. The topological polar surface area (TPSA) is 46.4 Å². The van der Waals surface area contributed by atoms with E-state index in [1.54, 1.807) is 6.07 Å². The van der Waals surface area contributed by atoms with Crippen LogP contribution in [0.2, 0.25) is 0 Å². The molecule has 11 rings (SSSR count). The molecule has 10 aromatic rings. The van der Waals surface area contributed by atoms with Gasteiger partial charge in [-0.25, -0.2) is 9.37 Å². The molecular weight excluding hydrogens is 985 g/mol. The quantitative estimate of drug-likeness (QED) is 0.135. The van der Waals surface area contributed by atoms with Crippen LogP contribution in [0.5, 0.6) is 11.5 Å². The molecule has 0 spiro atoms. The fourth-order valence-electron chi connectivity index (χ4n) is 9.08. The number of benzene rings is 7. The molecule has 0 bridgehead atoms. The third-order valence-corrected chi connectivity index (χ3v) is 12.2. The zero-order valence-electron chi connectivity index (χ0n) is 36.2. The molecule has 0 amide bonds. The van der Waals surface area contributed by atoms with Crippen molar-refractivity contribution in [1.29, 1.82) is 0 Å². The number of aromatic nitrogens is 3. The summed E-state index contributed by atoms with van der Waals surface area (Å²) >= 11 is 0. The number of para-hydroxylation sites is 3. The van der Waals surface area contributed by atoms with Gasteiger partial charge in [0.2, 0.25) is 0 Å². The first-order chi connectivity index (χ1) is 31.3. The summed E-state index contributed by atoms with van der Waals surface area (Å²) in [5, 5.41) is 3.22. The van der Waals surface area contributed by atoms with Crippen molar-refractivity contribution < 1.29 is 30.2 Å². The summed E-state index contributed by atoms with van der Waals surface area (Å²) in [5.41, 5.74) is 12.5. The number of hydrogen-bond acceptors (Lipinski definition) is 5. The molecule has 4 heterocycles. The van der Waals surface area contributed by atoms with Gasteiger partial charge in [0.05, 0.1) is 5.52 Å². The van der Waals surface area contributed by atoms with E-state index >= 15 is 4.39 Å². The van der Waals surface area contributed by atoms with Crippen LogP contribution in [0.1, 0.15) is 50.7 Å². The Labute approximate surface area is 392 Å². The second kappa shape index (κ2) is 17.1. The largest absolute Gasteiger partial charge is 0.509 e. The Bertz CT molecular complexity index is 3370. The number of fused-ring (bicyclic) bond motifs is 5. The van der Waals surface area contributed by atoms with Gasteiger partial charge in [-0.2, -0.15) is 6.07 Å². The number of hydrogen-bond donors (Lipinski definition) is 0. The predicted octanol–water partition coefficient (Wildman–Crippen LogP) is 15.2. The minimum absolute atomic E-state index is 0. The number of pyridine rings is 2. The van der Waals surface area contributed by atoms with Crippen molar-refractivity contribution in [3.05, 3.63) is 206 Å². The molecule has 8 heteroatoms. The van der Waals surface area contributed by atoms with Crippen molar-refractivity contribution in [2.24, 2.45) is 0 Å². The maximum atomic E-state index is 15.3. The van der Waals surface area contributed by atoms with Crippen LogP contribution in [0.15, 0.2) is 170 Å². The van der Waals surface area contributed by atoms with Gasteiger partial charge in [0.1, 0.15) is 11.6 Å². The van der Waals surface area contributed by atoms with Crippen LogP contribution >= 0.6 is 0 Å². The summed E-state index contributed by atoms with van der Waals surface area (Å²) in [6.07, 6.45) is 3.63. The molecule has 1 aliphatic rings. The Morgan fingerprint density at radius 3 is 2.08 bits per heavy atom. The summed E-state index contributed by atoms with van der Waals surface area (Å²) in [7, 11) is 0. The summed E-state index contributed by atoms with van der Waals surface area (Å²) in [4.78, 5) is 13.8. The Kier molecular flexibility index (Phi) is 11.0. The third-order valence-electron chi connectivity index (χ3n) is 12.2. The van der Waals surface area contributed by atoms with E-state index in [-0.39, 0.29) is 38.7 Å². The molecule has 0 saturated carbocycles. The van der Waals surface area contributed by atoms with E-state index in [0.717, 1.165) is 89.1 Å². The van der Waals surface area contributed by atoms with E-state index in [1.165, 1.54) is 6.07 Å². The van der Waals surface area contributed by atoms with Crippen molar-refractivity contribution in [2.45, 2.75) is 39.5 Å². The van der Waals surface area contributed by atoms with Gasteiger partial charge in [0.15, 0.2) is 0 Å². The molecule has 0 unspecified atom stereocenters. The summed E-state index contributed by atoms with van der Waals surface area (Å²) in [5.74, 6) is 1.97. The number of nitrogens with zero attached hydrogens (tertiary/aromatic N) is 5. The molecule has 0 saturated heterocycles. The molecule has 7 aromatic carbocycles. The van der Waals surface area contributed by atoms with Crippen molar-refractivity contribution in [1.82, 2.24) is 14.5 Å². The number of rotatable bonds is 9. The first kappa shape index (κ1) is 41.9. The van der Waals surface area contributed by atoms with E-state index in [2.05, 4.69) is 157 Å². The Morgan fingerprint density at radius 1 is 0.585 bits per heavy atom. The fourth-order valence-corrected chi connectivity index (χ4v) is 9.08. The van der Waals surface area contributed by atoms with Gasteiger partial charge in [-0.05, 0) is 106 Å². The molecule has 0 aliphatic carbocycles. The molecule has 0 N–H and O–H groups in total. The SMILES string of the molecule is CC(C)c1cc(-c2ccccc2F)cc(C(C)C)c1N1[CH-]N(c2[c-]c(Oc3[c-]c4c(cc3)c3ccccc3n4-c3ccccn3)cc(-c3ccc4ncccc4c3)c2)c2ccccc21.[Pt]. The van der Waals surface area contributed by atoms with Crippen molar-refractivity contribution >= 4 is 55.5 Å². The molecule has 0 atom stereocenters. The summed E-state index contributed by atoms with van der Waals surface area (Å²) < 4.78 is 24.3. The van der Waals surface area contributed by atoms with Gasteiger partial charge >= 0.3 is 0 Å². The minimum atomic E-state index is -0.229. The Morgan fingerprint density at radius 2 is 1.31 bits per heavy atom. The molecule has 65 heavy (non-hydrogen) atoms. The molecule has 0 radical (unpaired) electrons. The first-order valence-electron chi connectivity index (χ1n) is 21.7. The molecular formula is C57H43FN5OPt-3. The van der Waals surface area contributed by atoms with E-state index < -0.39 is 0 Å². The molecule has 0 fully saturated rings. The monoisotopic (exact) mass is 1030 g/mol. The van der Waals surface area contributed by atoms with Gasteiger partial charge in [-0.3, -0.25) is 4.98 Å². The van der Waals surface area contributed by atoms with Gasteiger partial charge in [-0.1, -0.05) is 99.9 Å². The fraction of sp³-hybridized carbons (Fsp3) is 0.105. The van der Waals surface area contributed by atoms with Crippen LogP contribution in [-0.2, 0) is 21.1 Å². The van der Waals surface area contributed by atoms with Gasteiger partial charge in [-0.15, -0.1) is 53.6 Å². The van der Waals surface area contributed by atoms with Crippen molar-refractivity contribution in [3.8, 4) is 39.6 Å². The Hall–Kier alpha value is -7.08. The Balaban J connectivity index is 0.00000498. The average molecular weight is 1030 g/mol. The molecule has 322 valence electrons. The predicted molar refractivity (Wildman–Crippen MR) is 259 cm³/mol. The van der Waals surface area contributed by atoms with Gasteiger partial charge < -0.3 is 19.1 Å². The number of halogens is 1. The van der Waals surface area contributed by atoms with E-state index in [0.29, 0.717) is 17.1 Å². The van der Waals surface area contributed by atoms with E-state index in [4.69, 9.17) is 9.72 Å². The van der Waals surface area contributed by atoms with Crippen LogP contribution in [0, 0.1) is 24.6 Å². The standard InChI is InChI=1S/C57H43FN5O.Pt/c1-36(2)48-31-41(45-15-5-7-17-50(45)58)32-49(37(3)4)57(48)62-35-61(53-19-9-10-20-54(53)62)42-29-40(38-22-25-51-39(28-38)14-13-27-59-51)30-44(33-42)64-43-23-24-47-46-16-6-8-18-52(46)63(55(47)34-43)56-21-11-12-26-60-56;/h5-32,35-37H,1-4H3;/q-3;. The van der Waals surface area contributed by atoms with Crippen LogP contribution < -0.4 is 14.5 Å². The van der Waals surface area contributed by atoms with Crippen molar-refractivity contribution in [2.75, 3.05) is 9.80 Å². The van der Waals surface area contributed by atoms with Crippen LogP contribution in [0.3, 0.4) is 0 Å². The van der Waals surface area contributed by atoms with Gasteiger partial charge in [0.25, 0.3) is 0 Å². The summed E-state index contributed by atoms with van der Waals surface area (Å²) in [6.45, 7) is 11.0. The maximum Gasteiger partial charge on any atom is 0.135 e. The normalized spacial score (nSPS) is 12.4. The third kappa shape index (κ3) is 7.54. The van der Waals surface area contributed by atoms with Gasteiger partial charge in [0, 0.05) is 78.5 Å². The van der Waals surface area contributed by atoms with Crippen LogP contribution in [0.4, 0.5) is 27.1 Å². The van der Waals surface area contributed by atoms with E-state index in [1.807, 2.05) is 67.0 Å². The van der Waals surface area contributed by atoms with E-state index in [9.17, 15) is 0 Å². The summed E-state index contributed by atoms with van der Waals surface area (Å²) in [6, 6.07) is 60.1. The number of ether oxygens (including phenoxy) is 1. The second-order valence-corrected chi connectivity index (χ2v) is 16.9.